The summed E-state index contributed by atoms with van der Waals surface area (Å²) in [5, 5.41) is 13.6. The largest absolute Gasteiger partial charge is 0.362 e. The van der Waals surface area contributed by atoms with E-state index >= 15 is 0 Å². The van der Waals surface area contributed by atoms with Crippen LogP contribution in [-0.4, -0.2) is 20.2 Å². The molecule has 3 aromatic rings. The van der Waals surface area contributed by atoms with Crippen LogP contribution in [-0.2, 0) is 6.42 Å². The van der Waals surface area contributed by atoms with Gasteiger partial charge in [-0.05, 0) is 47.9 Å². The predicted molar refractivity (Wildman–Crippen MR) is 80.3 cm³/mol. The summed E-state index contributed by atoms with van der Waals surface area (Å²) >= 11 is 7.80. The molecule has 0 aromatic carbocycles. The Morgan fingerprint density at radius 1 is 1.40 bits per heavy atom. The molecule has 0 radical (unpaired) electrons. The Bertz CT molecular complexity index is 765. The van der Waals surface area contributed by atoms with Crippen LogP contribution in [0.2, 0.25) is 5.28 Å². The van der Waals surface area contributed by atoms with Crippen molar-refractivity contribution in [3.05, 3.63) is 33.4 Å². The Hall–Kier alpha value is -1.66. The molecule has 102 valence electrons. The van der Waals surface area contributed by atoms with Gasteiger partial charge in [-0.25, -0.2) is 0 Å². The average Bonchev–Trinajstić information content (AvgIpc) is 3.06. The minimum Gasteiger partial charge on any atom is -0.362 e. The van der Waals surface area contributed by atoms with Gasteiger partial charge in [-0.2, -0.15) is 15.1 Å². The van der Waals surface area contributed by atoms with Crippen LogP contribution in [0.25, 0.3) is 11.0 Å². The molecule has 1 aliphatic rings. The van der Waals surface area contributed by atoms with Crippen molar-refractivity contribution in [3.63, 3.8) is 0 Å². The molecule has 0 amide bonds. The zero-order chi connectivity index (χ0) is 13.5. The van der Waals surface area contributed by atoms with Gasteiger partial charge in [-0.15, -0.1) is 11.3 Å². The van der Waals surface area contributed by atoms with E-state index in [0.717, 1.165) is 17.6 Å². The fourth-order valence-electron chi connectivity index (χ4n) is 2.72. The Morgan fingerprint density at radius 3 is 3.30 bits per heavy atom. The highest BCUT2D eigenvalue weighted by Gasteiger charge is 2.22. The van der Waals surface area contributed by atoms with Gasteiger partial charge in [0.05, 0.1) is 17.6 Å². The van der Waals surface area contributed by atoms with Crippen LogP contribution in [0, 0.1) is 0 Å². The van der Waals surface area contributed by atoms with E-state index in [1.165, 1.54) is 23.3 Å². The minimum absolute atomic E-state index is 0.227. The van der Waals surface area contributed by atoms with Crippen LogP contribution >= 0.6 is 22.9 Å². The number of nitrogens with one attached hydrogen (secondary N) is 2. The summed E-state index contributed by atoms with van der Waals surface area (Å²) in [4.78, 5) is 9.90. The number of hydrogen-bond acceptors (Lipinski definition) is 5. The first-order valence-electron chi connectivity index (χ1n) is 6.50. The van der Waals surface area contributed by atoms with Crippen LogP contribution in [0.4, 0.5) is 5.82 Å². The van der Waals surface area contributed by atoms with Gasteiger partial charge in [0.2, 0.25) is 5.28 Å². The van der Waals surface area contributed by atoms with E-state index in [4.69, 9.17) is 11.6 Å². The number of anilines is 1. The summed E-state index contributed by atoms with van der Waals surface area (Å²) in [6.07, 6.45) is 5.20. The molecule has 3 heterocycles. The van der Waals surface area contributed by atoms with Crippen LogP contribution < -0.4 is 5.32 Å². The molecule has 1 atom stereocenters. The molecule has 3 aromatic heterocycles. The summed E-state index contributed by atoms with van der Waals surface area (Å²) in [6.45, 7) is 0. The van der Waals surface area contributed by atoms with Crippen LogP contribution in [0.5, 0.6) is 0 Å². The second-order valence-electron chi connectivity index (χ2n) is 4.86. The Morgan fingerprint density at radius 2 is 2.35 bits per heavy atom. The van der Waals surface area contributed by atoms with E-state index in [-0.39, 0.29) is 11.3 Å². The molecule has 20 heavy (non-hydrogen) atoms. The molecule has 0 spiro atoms. The number of fused-ring (bicyclic) bond motifs is 2. The molecule has 4 rings (SSSR count). The van der Waals surface area contributed by atoms with Gasteiger partial charge >= 0.3 is 0 Å². The maximum Gasteiger partial charge on any atom is 0.226 e. The van der Waals surface area contributed by atoms with Crippen LogP contribution in [0.3, 0.4) is 0 Å². The second-order valence-corrected chi connectivity index (χ2v) is 6.20. The third-order valence-electron chi connectivity index (χ3n) is 3.65. The lowest BCUT2D eigenvalue weighted by atomic mass is 9.94. The first-order chi connectivity index (χ1) is 9.81. The number of aromatic amines is 1. The van der Waals surface area contributed by atoms with E-state index in [1.54, 1.807) is 6.20 Å². The van der Waals surface area contributed by atoms with Crippen molar-refractivity contribution < 1.29 is 0 Å². The van der Waals surface area contributed by atoms with Crippen molar-refractivity contribution in [2.24, 2.45) is 0 Å². The molecule has 7 heteroatoms. The lowest BCUT2D eigenvalue weighted by molar-refractivity contribution is 0.607. The minimum atomic E-state index is 0.227. The van der Waals surface area contributed by atoms with Crippen LogP contribution in [0.1, 0.15) is 29.3 Å². The fraction of sp³-hybridized carbons (Fsp3) is 0.308. The molecule has 2 N–H and O–H groups in total. The Kier molecular flexibility index (Phi) is 2.85. The quantitative estimate of drug-likeness (QED) is 0.710. The number of halogens is 1. The highest BCUT2D eigenvalue weighted by Crippen LogP contribution is 2.36. The number of aromatic nitrogens is 4. The average molecular weight is 306 g/mol. The van der Waals surface area contributed by atoms with Crippen molar-refractivity contribution in [1.82, 2.24) is 20.2 Å². The SMILES string of the molecule is Clc1nc(NC2CCCc3sccc32)c2cn[nH]c2n1. The topological polar surface area (TPSA) is 66.5 Å². The van der Waals surface area contributed by atoms with E-state index in [9.17, 15) is 0 Å². The third kappa shape index (κ3) is 1.96. The zero-order valence-corrected chi connectivity index (χ0v) is 12.1. The monoisotopic (exact) mass is 305 g/mol. The molecule has 0 fully saturated rings. The van der Waals surface area contributed by atoms with Gasteiger partial charge in [0.25, 0.3) is 0 Å². The van der Waals surface area contributed by atoms with E-state index in [1.807, 2.05) is 11.3 Å². The van der Waals surface area contributed by atoms with Gasteiger partial charge in [0.1, 0.15) is 5.82 Å². The number of hydrogen-bond donors (Lipinski definition) is 2. The number of thiophene rings is 1. The predicted octanol–water partition coefficient (Wildman–Crippen LogP) is 3.56. The first kappa shape index (κ1) is 12.1. The summed E-state index contributed by atoms with van der Waals surface area (Å²) < 4.78 is 0. The summed E-state index contributed by atoms with van der Waals surface area (Å²) in [5.41, 5.74) is 2.04. The molecule has 1 unspecified atom stereocenters. The highest BCUT2D eigenvalue weighted by atomic mass is 35.5. The Balaban J connectivity index is 1.74. The van der Waals surface area contributed by atoms with E-state index in [2.05, 4.69) is 36.9 Å². The van der Waals surface area contributed by atoms with Gasteiger partial charge < -0.3 is 5.32 Å². The van der Waals surface area contributed by atoms with E-state index < -0.39 is 0 Å². The van der Waals surface area contributed by atoms with Gasteiger partial charge in [0, 0.05) is 4.88 Å². The normalized spacial score (nSPS) is 18.1. The van der Waals surface area contributed by atoms with Gasteiger partial charge in [0.15, 0.2) is 5.65 Å². The molecular formula is C13H12ClN5S. The molecule has 5 nitrogen and oxygen atoms in total. The smallest absolute Gasteiger partial charge is 0.226 e. The van der Waals surface area contributed by atoms with E-state index in [0.29, 0.717) is 5.65 Å². The number of aryl methyl sites for hydroxylation is 1. The number of rotatable bonds is 2. The lowest BCUT2D eigenvalue weighted by Gasteiger charge is -2.24. The zero-order valence-electron chi connectivity index (χ0n) is 10.6. The van der Waals surface area contributed by atoms with Crippen molar-refractivity contribution in [3.8, 4) is 0 Å². The fourth-order valence-corrected chi connectivity index (χ4v) is 3.88. The van der Waals surface area contributed by atoms with Crippen molar-refractivity contribution in [1.29, 1.82) is 0 Å². The summed E-state index contributed by atoms with van der Waals surface area (Å²) in [7, 11) is 0. The number of nitrogens with zero attached hydrogens (tertiary/aromatic N) is 3. The molecule has 0 aliphatic heterocycles. The molecule has 1 aliphatic carbocycles. The summed E-state index contributed by atoms with van der Waals surface area (Å²) in [6, 6.07) is 2.49. The van der Waals surface area contributed by atoms with Crippen molar-refractivity contribution >= 4 is 39.8 Å². The highest BCUT2D eigenvalue weighted by molar-refractivity contribution is 7.10. The molecule has 0 saturated heterocycles. The molecule has 0 bridgehead atoms. The standard InChI is InChI=1S/C13H12ClN5S/c14-13-17-11(8-6-15-19-12(8)18-13)16-9-2-1-3-10-7(9)4-5-20-10/h4-6,9H,1-3H2,(H2,15,16,17,18,19). The molecule has 0 saturated carbocycles. The van der Waals surface area contributed by atoms with Crippen molar-refractivity contribution in [2.75, 3.05) is 5.32 Å². The maximum absolute atomic E-state index is 5.97. The van der Waals surface area contributed by atoms with Crippen molar-refractivity contribution in [2.45, 2.75) is 25.3 Å². The lowest BCUT2D eigenvalue weighted by Crippen LogP contribution is -2.16. The molecular weight excluding hydrogens is 294 g/mol. The maximum atomic E-state index is 5.97. The Labute approximate surface area is 124 Å². The van der Waals surface area contributed by atoms with Crippen LogP contribution in [0.15, 0.2) is 17.6 Å². The van der Waals surface area contributed by atoms with Gasteiger partial charge in [-0.1, -0.05) is 0 Å². The summed E-state index contributed by atoms with van der Waals surface area (Å²) in [5.74, 6) is 0.748. The second kappa shape index (κ2) is 4.71. The third-order valence-corrected chi connectivity index (χ3v) is 4.81. The number of H-pyrrole nitrogens is 1. The first-order valence-corrected chi connectivity index (χ1v) is 7.76. The van der Waals surface area contributed by atoms with Gasteiger partial charge in [-0.3, -0.25) is 5.10 Å².